The first-order chi connectivity index (χ1) is 48.2. The van der Waals surface area contributed by atoms with Gasteiger partial charge in [0.2, 0.25) is 0 Å². The van der Waals surface area contributed by atoms with Crippen molar-refractivity contribution < 1.29 is 0 Å². The van der Waals surface area contributed by atoms with Crippen molar-refractivity contribution in [3.63, 3.8) is 0 Å². The van der Waals surface area contributed by atoms with Crippen molar-refractivity contribution in [3.8, 4) is 145 Å². The Morgan fingerprint density at radius 1 is 0.113 bits per heavy atom. The van der Waals surface area contributed by atoms with Crippen LogP contribution in [0.15, 0.2) is 406 Å². The molecular formula is C96H67N. The molecule has 0 N–H and O–H groups in total. The van der Waals surface area contributed by atoms with Crippen molar-refractivity contribution in [3.05, 3.63) is 406 Å². The Hall–Kier alpha value is -12.7. The van der Waals surface area contributed by atoms with Gasteiger partial charge in [0, 0.05) is 27.8 Å². The number of para-hydroxylation sites is 1. The molecule has 0 aromatic heterocycles. The number of hydrogen-bond donors (Lipinski definition) is 0. The lowest BCUT2D eigenvalue weighted by atomic mass is 9.78. The highest BCUT2D eigenvalue weighted by Crippen LogP contribution is 2.60. The first-order valence-electron chi connectivity index (χ1n) is 33.4. The van der Waals surface area contributed by atoms with E-state index in [1.807, 2.05) is 0 Å². The molecule has 1 heteroatoms. The highest BCUT2D eigenvalue weighted by atomic mass is 15.2. The van der Waals surface area contributed by atoms with Gasteiger partial charge in [0.25, 0.3) is 0 Å². The second-order valence-corrected chi connectivity index (χ2v) is 24.5. The second kappa shape index (κ2) is 27.1. The minimum absolute atomic E-state index is 0.996. The Balaban J connectivity index is 1.17. The average Bonchev–Trinajstić information content (AvgIpc) is 0.720. The summed E-state index contributed by atoms with van der Waals surface area (Å²) in [5, 5.41) is 0. The molecule has 16 aromatic rings. The van der Waals surface area contributed by atoms with E-state index in [1.165, 1.54) is 5.56 Å². The predicted molar refractivity (Wildman–Crippen MR) is 412 cm³/mol. The van der Waals surface area contributed by atoms with Crippen LogP contribution in [0.25, 0.3) is 145 Å². The lowest BCUT2D eigenvalue weighted by Crippen LogP contribution is -2.16. The standard InChI is InChI=1S/C96H67N/c1-13-39-68(40-14-1)81-65-84(91(74-51-25-7-26-52-74)94(77-57-31-10-32-58-77)88(81)71-45-19-4-20-46-71)80-63-37-38-64-85(80)97(86-66-82(69-41-15-2-16-42-69)89(72-47-21-5-22-48-72)95(78-59-33-11-34-60-78)92(86)75-53-27-8-28-54-75)87-67-83(70-43-17-3-18-44-70)90(73-49-23-6-24-50-73)96(79-61-35-12-36-62-79)93(87)76-55-29-9-30-56-76/h1-67H. The van der Waals surface area contributed by atoms with E-state index in [0.29, 0.717) is 0 Å². The molecular weight excluding hydrogens is 1170 g/mol. The topological polar surface area (TPSA) is 3.24 Å². The maximum absolute atomic E-state index is 2.67. The zero-order valence-corrected chi connectivity index (χ0v) is 53.6. The molecule has 97 heavy (non-hydrogen) atoms. The van der Waals surface area contributed by atoms with Gasteiger partial charge in [0.05, 0.1) is 17.1 Å². The van der Waals surface area contributed by atoms with Crippen LogP contribution in [0.4, 0.5) is 17.1 Å². The molecule has 1 nitrogen and oxygen atoms in total. The van der Waals surface area contributed by atoms with Crippen LogP contribution in [0.2, 0.25) is 0 Å². The van der Waals surface area contributed by atoms with Gasteiger partial charge in [-0.1, -0.05) is 382 Å². The molecule has 0 aliphatic rings. The van der Waals surface area contributed by atoms with Gasteiger partial charge in [-0.3, -0.25) is 0 Å². The second-order valence-electron chi connectivity index (χ2n) is 24.5. The summed E-state index contributed by atoms with van der Waals surface area (Å²) in [4.78, 5) is 2.67. The number of nitrogens with zero attached hydrogens (tertiary/aromatic N) is 1. The van der Waals surface area contributed by atoms with E-state index in [0.717, 1.165) is 156 Å². The van der Waals surface area contributed by atoms with E-state index >= 15 is 0 Å². The van der Waals surface area contributed by atoms with Crippen molar-refractivity contribution in [2.24, 2.45) is 0 Å². The summed E-state index contributed by atoms with van der Waals surface area (Å²) in [6.07, 6.45) is 0. The summed E-state index contributed by atoms with van der Waals surface area (Å²) >= 11 is 0. The van der Waals surface area contributed by atoms with Crippen molar-refractivity contribution in [2.45, 2.75) is 0 Å². The number of hydrogen-bond acceptors (Lipinski definition) is 1. The van der Waals surface area contributed by atoms with E-state index in [-0.39, 0.29) is 0 Å². The van der Waals surface area contributed by atoms with Crippen molar-refractivity contribution in [1.82, 2.24) is 0 Å². The monoisotopic (exact) mass is 1230 g/mol. The highest BCUT2D eigenvalue weighted by molar-refractivity contribution is 6.15. The summed E-state index contributed by atoms with van der Waals surface area (Å²) in [6.45, 7) is 0. The lowest BCUT2D eigenvalue weighted by molar-refractivity contribution is 1.28. The van der Waals surface area contributed by atoms with Gasteiger partial charge in [-0.2, -0.15) is 0 Å². The Morgan fingerprint density at radius 2 is 0.299 bits per heavy atom. The van der Waals surface area contributed by atoms with Crippen LogP contribution < -0.4 is 4.90 Å². The van der Waals surface area contributed by atoms with Gasteiger partial charge in [-0.15, -0.1) is 0 Å². The zero-order chi connectivity index (χ0) is 64.7. The van der Waals surface area contributed by atoms with Gasteiger partial charge < -0.3 is 4.90 Å². The zero-order valence-electron chi connectivity index (χ0n) is 53.6. The molecule has 0 saturated heterocycles. The Bertz CT molecular complexity index is 5130. The first kappa shape index (κ1) is 59.3. The minimum Gasteiger partial charge on any atom is -0.309 e. The fourth-order valence-corrected chi connectivity index (χ4v) is 14.5. The third-order valence-electron chi connectivity index (χ3n) is 18.7. The molecule has 0 spiro atoms. The molecule has 456 valence electrons. The van der Waals surface area contributed by atoms with Gasteiger partial charge in [-0.05, 0) is 141 Å². The fraction of sp³-hybridized carbons (Fsp3) is 0. The molecule has 16 aromatic carbocycles. The number of benzene rings is 16. The van der Waals surface area contributed by atoms with Crippen molar-refractivity contribution in [1.29, 1.82) is 0 Å². The summed E-state index contributed by atoms with van der Waals surface area (Å²) in [5.41, 5.74) is 32.0. The van der Waals surface area contributed by atoms with Crippen molar-refractivity contribution in [2.75, 3.05) is 4.90 Å². The molecule has 0 aliphatic carbocycles. The maximum atomic E-state index is 2.67. The lowest BCUT2D eigenvalue weighted by Gasteiger charge is -2.36. The third-order valence-corrected chi connectivity index (χ3v) is 18.7. The van der Waals surface area contributed by atoms with Crippen LogP contribution in [0, 0.1) is 0 Å². The Kier molecular flexibility index (Phi) is 16.6. The molecule has 0 saturated carbocycles. The molecule has 16 rings (SSSR count). The fourth-order valence-electron chi connectivity index (χ4n) is 14.5. The summed E-state index contributed by atoms with van der Waals surface area (Å²) in [7, 11) is 0. The highest BCUT2D eigenvalue weighted by Gasteiger charge is 2.34. The summed E-state index contributed by atoms with van der Waals surface area (Å²) < 4.78 is 0. The van der Waals surface area contributed by atoms with E-state index in [2.05, 4.69) is 411 Å². The molecule has 0 radical (unpaired) electrons. The van der Waals surface area contributed by atoms with Gasteiger partial charge in [0.1, 0.15) is 0 Å². The molecule has 0 fully saturated rings. The summed E-state index contributed by atoms with van der Waals surface area (Å²) in [6, 6.07) is 150. The van der Waals surface area contributed by atoms with Crippen LogP contribution in [0.1, 0.15) is 0 Å². The van der Waals surface area contributed by atoms with E-state index < -0.39 is 0 Å². The van der Waals surface area contributed by atoms with E-state index in [1.54, 1.807) is 0 Å². The largest absolute Gasteiger partial charge is 0.309 e. The van der Waals surface area contributed by atoms with Gasteiger partial charge in [0.15, 0.2) is 0 Å². The Morgan fingerprint density at radius 3 is 0.567 bits per heavy atom. The maximum Gasteiger partial charge on any atom is 0.0553 e. The van der Waals surface area contributed by atoms with Gasteiger partial charge in [-0.25, -0.2) is 0 Å². The third kappa shape index (κ3) is 11.6. The van der Waals surface area contributed by atoms with Crippen molar-refractivity contribution >= 4 is 17.1 Å². The van der Waals surface area contributed by atoms with E-state index in [4.69, 9.17) is 0 Å². The summed E-state index contributed by atoms with van der Waals surface area (Å²) in [5.74, 6) is 0. The minimum atomic E-state index is 0.996. The Labute approximate surface area is 569 Å². The number of rotatable bonds is 16. The van der Waals surface area contributed by atoms with Crippen LogP contribution >= 0.6 is 0 Å². The molecule has 0 unspecified atom stereocenters. The smallest absolute Gasteiger partial charge is 0.0553 e. The van der Waals surface area contributed by atoms with Gasteiger partial charge >= 0.3 is 0 Å². The number of anilines is 3. The average molecular weight is 1230 g/mol. The molecule has 0 heterocycles. The quantitative estimate of drug-likeness (QED) is 0.0932. The molecule has 0 amide bonds. The van der Waals surface area contributed by atoms with Crippen LogP contribution in [-0.2, 0) is 0 Å². The first-order valence-corrected chi connectivity index (χ1v) is 33.4. The predicted octanol–water partition coefficient (Wildman–Crippen LogP) is 26.8. The van der Waals surface area contributed by atoms with Crippen LogP contribution in [0.3, 0.4) is 0 Å². The van der Waals surface area contributed by atoms with Crippen LogP contribution in [0.5, 0.6) is 0 Å². The van der Waals surface area contributed by atoms with Crippen LogP contribution in [-0.4, -0.2) is 0 Å². The SMILES string of the molecule is c1ccc(-c2cc(-c3ccccc3N(c3cc(-c4ccccc4)c(-c4ccccc4)c(-c4ccccc4)c3-c3ccccc3)c3cc(-c4ccccc4)c(-c4ccccc4)c(-c4ccccc4)c3-c3ccccc3)c(-c3ccccc3)c(-c3ccccc3)c2-c2ccccc2)cc1. The molecule has 0 bridgehead atoms. The normalized spacial score (nSPS) is 11.1. The molecule has 0 aliphatic heterocycles. The van der Waals surface area contributed by atoms with E-state index in [9.17, 15) is 0 Å². The molecule has 0 atom stereocenters.